The number of hydrogen-bond acceptors (Lipinski definition) is 5. The molecule has 2 aromatic carbocycles. The Morgan fingerprint density at radius 1 is 1.00 bits per heavy atom. The molecule has 0 radical (unpaired) electrons. The summed E-state index contributed by atoms with van der Waals surface area (Å²) in [5.74, 6) is 2.11. The summed E-state index contributed by atoms with van der Waals surface area (Å²) in [5.41, 5.74) is 4.35. The van der Waals surface area contributed by atoms with Crippen LogP contribution in [0, 0.1) is 6.92 Å². The molecule has 0 aliphatic carbocycles. The van der Waals surface area contributed by atoms with E-state index in [9.17, 15) is 5.11 Å². The molecular weight excluding hydrogens is 342 g/mol. The number of rotatable bonds is 7. The fourth-order valence-electron chi connectivity index (χ4n) is 3.07. The number of benzene rings is 2. The summed E-state index contributed by atoms with van der Waals surface area (Å²) >= 11 is 0. The minimum atomic E-state index is -0.0834. The number of fused-ring (bicyclic) bond motifs is 1. The maximum absolute atomic E-state index is 9.72. The summed E-state index contributed by atoms with van der Waals surface area (Å²) < 4.78 is 16.6. The number of hydrogen-bond donors (Lipinski definition) is 1. The van der Waals surface area contributed by atoms with Gasteiger partial charge in [0.05, 0.1) is 33.1 Å². The van der Waals surface area contributed by atoms with Crippen molar-refractivity contribution in [2.45, 2.75) is 26.9 Å². The van der Waals surface area contributed by atoms with Gasteiger partial charge < -0.3 is 19.3 Å². The molecule has 0 atom stereocenters. The van der Waals surface area contributed by atoms with Crippen LogP contribution in [0.2, 0.25) is 0 Å². The molecule has 3 aromatic rings. The average molecular weight is 367 g/mol. The van der Waals surface area contributed by atoms with E-state index in [1.807, 2.05) is 43.3 Å². The molecule has 0 unspecified atom stereocenters. The van der Waals surface area contributed by atoms with Crippen LogP contribution in [-0.4, -0.2) is 30.9 Å². The van der Waals surface area contributed by atoms with Gasteiger partial charge in [-0.05, 0) is 49.2 Å². The van der Waals surface area contributed by atoms with Crippen LogP contribution < -0.4 is 14.2 Å². The maximum atomic E-state index is 9.72. The molecule has 1 aromatic heterocycles. The van der Waals surface area contributed by atoms with Crippen molar-refractivity contribution < 1.29 is 19.3 Å². The molecule has 0 fully saturated rings. The Labute approximate surface area is 159 Å². The van der Waals surface area contributed by atoms with E-state index in [2.05, 4.69) is 6.92 Å². The number of pyridine rings is 1. The smallest absolute Gasteiger partial charge is 0.148 e. The Hall–Kier alpha value is -2.79. The van der Waals surface area contributed by atoms with Crippen molar-refractivity contribution in [3.8, 4) is 28.5 Å². The van der Waals surface area contributed by atoms with Gasteiger partial charge in [0, 0.05) is 22.6 Å². The van der Waals surface area contributed by atoms with Crippen LogP contribution in [0.5, 0.6) is 17.2 Å². The first-order chi connectivity index (χ1) is 13.1. The molecule has 5 nitrogen and oxygen atoms in total. The molecule has 1 N–H and O–H groups in total. The van der Waals surface area contributed by atoms with Crippen LogP contribution >= 0.6 is 0 Å². The normalized spacial score (nSPS) is 10.9. The highest BCUT2D eigenvalue weighted by molar-refractivity contribution is 5.91. The monoisotopic (exact) mass is 367 g/mol. The van der Waals surface area contributed by atoms with Gasteiger partial charge in [0.2, 0.25) is 0 Å². The molecule has 0 saturated heterocycles. The summed E-state index contributed by atoms with van der Waals surface area (Å²) in [6.45, 7) is 4.63. The molecular formula is C22H25NO4. The Morgan fingerprint density at radius 2 is 1.81 bits per heavy atom. The summed E-state index contributed by atoms with van der Waals surface area (Å²) in [7, 11) is 3.26. The van der Waals surface area contributed by atoms with E-state index < -0.39 is 0 Å². The molecule has 1 heterocycles. The van der Waals surface area contributed by atoms with Crippen LogP contribution in [0.4, 0.5) is 0 Å². The standard InChI is InChI=1S/C22H25NO4/c1-5-8-27-20-7-6-15(10-16(20)13-24)19-9-14(2)18-11-17(25-3)12-21(26-4)22(18)23-19/h6-7,9-12,24H,5,8,13H2,1-4H3. The van der Waals surface area contributed by atoms with Crippen molar-refractivity contribution in [3.05, 3.63) is 47.5 Å². The maximum Gasteiger partial charge on any atom is 0.148 e. The van der Waals surface area contributed by atoms with Gasteiger partial charge in [0.25, 0.3) is 0 Å². The van der Waals surface area contributed by atoms with Crippen LogP contribution in [0.3, 0.4) is 0 Å². The zero-order chi connectivity index (χ0) is 19.4. The van der Waals surface area contributed by atoms with Crippen LogP contribution in [0.25, 0.3) is 22.2 Å². The summed E-state index contributed by atoms with van der Waals surface area (Å²) in [6.07, 6.45) is 0.918. The van der Waals surface area contributed by atoms with Gasteiger partial charge in [-0.25, -0.2) is 4.98 Å². The van der Waals surface area contributed by atoms with Crippen molar-refractivity contribution in [3.63, 3.8) is 0 Å². The quantitative estimate of drug-likeness (QED) is 0.666. The summed E-state index contributed by atoms with van der Waals surface area (Å²) in [5, 5.41) is 10.7. The fraction of sp³-hybridized carbons (Fsp3) is 0.318. The van der Waals surface area contributed by atoms with Crippen LogP contribution in [-0.2, 0) is 6.61 Å². The molecule has 0 spiro atoms. The first-order valence-electron chi connectivity index (χ1n) is 9.01. The van der Waals surface area contributed by atoms with E-state index in [0.29, 0.717) is 18.1 Å². The number of aliphatic hydroxyl groups is 1. The molecule has 0 aliphatic rings. The van der Waals surface area contributed by atoms with Crippen LogP contribution in [0.1, 0.15) is 24.5 Å². The molecule has 0 saturated carbocycles. The van der Waals surface area contributed by atoms with Gasteiger partial charge in [-0.3, -0.25) is 0 Å². The highest BCUT2D eigenvalue weighted by Gasteiger charge is 2.13. The molecule has 142 valence electrons. The fourth-order valence-corrected chi connectivity index (χ4v) is 3.07. The summed E-state index contributed by atoms with van der Waals surface area (Å²) in [6, 6.07) is 11.6. The summed E-state index contributed by atoms with van der Waals surface area (Å²) in [4.78, 5) is 4.82. The third-order valence-corrected chi connectivity index (χ3v) is 4.50. The molecule has 5 heteroatoms. The SMILES string of the molecule is CCCOc1ccc(-c2cc(C)c3cc(OC)cc(OC)c3n2)cc1CO. The van der Waals surface area contributed by atoms with Crippen LogP contribution in [0.15, 0.2) is 36.4 Å². The van der Waals surface area contributed by atoms with Crippen molar-refractivity contribution in [1.29, 1.82) is 0 Å². The Bertz CT molecular complexity index is 953. The van der Waals surface area contributed by atoms with Gasteiger partial charge in [-0.1, -0.05) is 6.92 Å². The highest BCUT2D eigenvalue weighted by Crippen LogP contribution is 2.35. The Morgan fingerprint density at radius 3 is 2.48 bits per heavy atom. The number of aryl methyl sites for hydroxylation is 1. The predicted molar refractivity (Wildman–Crippen MR) is 107 cm³/mol. The van der Waals surface area contributed by atoms with E-state index in [1.54, 1.807) is 14.2 Å². The van der Waals surface area contributed by atoms with Crippen molar-refractivity contribution in [2.75, 3.05) is 20.8 Å². The molecule has 0 aliphatic heterocycles. The predicted octanol–water partition coefficient (Wildman–Crippen LogP) is 4.51. The third kappa shape index (κ3) is 3.83. The van der Waals surface area contributed by atoms with E-state index in [0.717, 1.165) is 45.5 Å². The largest absolute Gasteiger partial charge is 0.497 e. The second-order valence-corrected chi connectivity index (χ2v) is 6.38. The molecule has 0 bridgehead atoms. The lowest BCUT2D eigenvalue weighted by Gasteiger charge is -2.14. The zero-order valence-corrected chi connectivity index (χ0v) is 16.2. The molecule has 3 rings (SSSR count). The van der Waals surface area contributed by atoms with Crippen molar-refractivity contribution in [1.82, 2.24) is 4.98 Å². The molecule has 0 amide bonds. The number of aliphatic hydroxyl groups excluding tert-OH is 1. The van der Waals surface area contributed by atoms with Crippen molar-refractivity contribution in [2.24, 2.45) is 0 Å². The number of ether oxygens (including phenoxy) is 3. The second-order valence-electron chi connectivity index (χ2n) is 6.38. The van der Waals surface area contributed by atoms with Gasteiger partial charge in [0.1, 0.15) is 22.8 Å². The first kappa shape index (κ1) is 19.0. The van der Waals surface area contributed by atoms with Gasteiger partial charge in [-0.15, -0.1) is 0 Å². The van der Waals surface area contributed by atoms with Gasteiger partial charge >= 0.3 is 0 Å². The lowest BCUT2D eigenvalue weighted by atomic mass is 10.0. The second kappa shape index (κ2) is 8.27. The molecule has 27 heavy (non-hydrogen) atoms. The first-order valence-corrected chi connectivity index (χ1v) is 9.01. The van der Waals surface area contributed by atoms with Gasteiger partial charge in [-0.2, -0.15) is 0 Å². The highest BCUT2D eigenvalue weighted by atomic mass is 16.5. The van der Waals surface area contributed by atoms with E-state index in [1.165, 1.54) is 0 Å². The Kier molecular flexibility index (Phi) is 5.81. The Balaban J connectivity index is 2.12. The van der Waals surface area contributed by atoms with E-state index >= 15 is 0 Å². The van der Waals surface area contributed by atoms with E-state index in [-0.39, 0.29) is 6.61 Å². The minimum Gasteiger partial charge on any atom is -0.497 e. The number of methoxy groups -OCH3 is 2. The third-order valence-electron chi connectivity index (χ3n) is 4.50. The van der Waals surface area contributed by atoms with E-state index in [4.69, 9.17) is 19.2 Å². The number of nitrogens with zero attached hydrogens (tertiary/aromatic N) is 1. The lowest BCUT2D eigenvalue weighted by molar-refractivity contribution is 0.263. The van der Waals surface area contributed by atoms with Gasteiger partial charge in [0.15, 0.2) is 0 Å². The zero-order valence-electron chi connectivity index (χ0n) is 16.2. The minimum absolute atomic E-state index is 0.0834. The van der Waals surface area contributed by atoms with Crippen molar-refractivity contribution >= 4 is 10.9 Å². The number of aromatic nitrogens is 1. The topological polar surface area (TPSA) is 60.8 Å². The lowest BCUT2D eigenvalue weighted by Crippen LogP contribution is -2.00. The average Bonchev–Trinajstić information content (AvgIpc) is 2.71.